The van der Waals surface area contributed by atoms with Crippen molar-refractivity contribution in [3.8, 4) is 22.6 Å². The van der Waals surface area contributed by atoms with Crippen molar-refractivity contribution in [2.75, 3.05) is 5.32 Å². The van der Waals surface area contributed by atoms with E-state index in [0.29, 0.717) is 33.4 Å². The normalized spacial score (nSPS) is 10.6. The summed E-state index contributed by atoms with van der Waals surface area (Å²) in [5.41, 5.74) is 2.55. The van der Waals surface area contributed by atoms with Crippen molar-refractivity contribution in [2.45, 2.75) is 0 Å². The van der Waals surface area contributed by atoms with Gasteiger partial charge >= 0.3 is 0 Å². The van der Waals surface area contributed by atoms with Gasteiger partial charge in [0.1, 0.15) is 5.82 Å². The van der Waals surface area contributed by atoms with Crippen LogP contribution in [0.15, 0.2) is 79.3 Å². The fraction of sp³-hybridized carbons (Fsp3) is 0. The molecule has 0 bridgehead atoms. The second-order valence-electron chi connectivity index (χ2n) is 6.13. The maximum atomic E-state index is 13.2. The van der Waals surface area contributed by atoms with Gasteiger partial charge in [0.05, 0.1) is 22.0 Å². The van der Waals surface area contributed by atoms with Gasteiger partial charge in [0.25, 0.3) is 5.91 Å². The van der Waals surface area contributed by atoms with Gasteiger partial charge in [-0.05, 0) is 48.5 Å². The van der Waals surface area contributed by atoms with Gasteiger partial charge in [0.15, 0.2) is 5.82 Å². The Morgan fingerprint density at radius 3 is 2.38 bits per heavy atom. The minimum absolute atomic E-state index is 0.280. The molecule has 0 unspecified atom stereocenters. The molecule has 2 aromatic carbocycles. The van der Waals surface area contributed by atoms with Crippen LogP contribution in [0.1, 0.15) is 10.4 Å². The molecular formula is C22H14ClFN4O. The van der Waals surface area contributed by atoms with Crippen molar-refractivity contribution in [3.63, 3.8) is 0 Å². The molecule has 5 nitrogen and oxygen atoms in total. The molecule has 0 spiro atoms. The van der Waals surface area contributed by atoms with Crippen LogP contribution in [0.3, 0.4) is 0 Å². The number of pyridine rings is 1. The number of anilines is 1. The van der Waals surface area contributed by atoms with Gasteiger partial charge in [-0.1, -0.05) is 23.7 Å². The maximum absolute atomic E-state index is 13.2. The second-order valence-corrected chi connectivity index (χ2v) is 6.54. The van der Waals surface area contributed by atoms with E-state index in [2.05, 4.69) is 20.3 Å². The summed E-state index contributed by atoms with van der Waals surface area (Å²) < 4.78 is 13.2. The number of nitrogens with zero attached hydrogens (tertiary/aromatic N) is 3. The van der Waals surface area contributed by atoms with Gasteiger partial charge in [0.2, 0.25) is 0 Å². The number of para-hydroxylation sites is 1. The van der Waals surface area contributed by atoms with Crippen molar-refractivity contribution in [3.05, 3.63) is 95.7 Å². The van der Waals surface area contributed by atoms with Crippen LogP contribution in [-0.2, 0) is 0 Å². The lowest BCUT2D eigenvalue weighted by Crippen LogP contribution is -2.15. The second kappa shape index (κ2) is 8.16. The van der Waals surface area contributed by atoms with E-state index in [-0.39, 0.29) is 11.4 Å². The van der Waals surface area contributed by atoms with Gasteiger partial charge < -0.3 is 5.32 Å². The Morgan fingerprint density at radius 1 is 0.931 bits per heavy atom. The number of nitrogens with one attached hydrogen (secondary N) is 1. The summed E-state index contributed by atoms with van der Waals surface area (Å²) in [5, 5.41) is 3.21. The van der Waals surface area contributed by atoms with Gasteiger partial charge in [-0.15, -0.1) is 0 Å². The van der Waals surface area contributed by atoms with Gasteiger partial charge in [0, 0.05) is 29.7 Å². The number of rotatable bonds is 4. The van der Waals surface area contributed by atoms with Crippen LogP contribution in [-0.4, -0.2) is 20.9 Å². The van der Waals surface area contributed by atoms with Crippen LogP contribution >= 0.6 is 11.6 Å². The van der Waals surface area contributed by atoms with Crippen molar-refractivity contribution in [1.29, 1.82) is 0 Å². The molecule has 4 aromatic rings. The third kappa shape index (κ3) is 4.12. The zero-order chi connectivity index (χ0) is 20.2. The molecule has 0 radical (unpaired) electrons. The van der Waals surface area contributed by atoms with Gasteiger partial charge in [-0.25, -0.2) is 14.4 Å². The SMILES string of the molecule is O=C(Nc1ccccc1Cl)c1cnc(-c2ccc(F)cc2)nc1-c1ccncc1. The van der Waals surface area contributed by atoms with Crippen molar-refractivity contribution in [1.82, 2.24) is 15.0 Å². The predicted octanol–water partition coefficient (Wildman–Crippen LogP) is 5.25. The molecule has 0 fully saturated rings. The van der Waals surface area contributed by atoms with Crippen molar-refractivity contribution >= 4 is 23.2 Å². The molecule has 142 valence electrons. The number of carbonyl (C=O) groups excluding carboxylic acids is 1. The predicted molar refractivity (Wildman–Crippen MR) is 110 cm³/mol. The van der Waals surface area contributed by atoms with E-state index in [1.54, 1.807) is 60.9 Å². The molecular weight excluding hydrogens is 391 g/mol. The first-order valence-corrected chi connectivity index (χ1v) is 9.09. The van der Waals surface area contributed by atoms with Gasteiger partial charge in [-0.3, -0.25) is 9.78 Å². The average Bonchev–Trinajstić information content (AvgIpc) is 2.76. The summed E-state index contributed by atoms with van der Waals surface area (Å²) >= 11 is 6.15. The molecule has 1 N–H and O–H groups in total. The van der Waals surface area contributed by atoms with Crippen LogP contribution < -0.4 is 5.32 Å². The molecule has 0 atom stereocenters. The molecule has 29 heavy (non-hydrogen) atoms. The Hall–Kier alpha value is -3.64. The molecule has 0 saturated heterocycles. The number of benzene rings is 2. The summed E-state index contributed by atoms with van der Waals surface area (Å²) in [6.07, 6.45) is 4.68. The third-order valence-electron chi connectivity index (χ3n) is 4.21. The topological polar surface area (TPSA) is 67.8 Å². The number of hydrogen-bond acceptors (Lipinski definition) is 4. The minimum Gasteiger partial charge on any atom is -0.321 e. The number of hydrogen-bond donors (Lipinski definition) is 1. The Balaban J connectivity index is 1.78. The van der Waals surface area contributed by atoms with Crippen LogP contribution in [0.5, 0.6) is 0 Å². The Bertz CT molecular complexity index is 1170. The molecule has 0 aliphatic heterocycles. The number of carbonyl (C=O) groups is 1. The highest BCUT2D eigenvalue weighted by Crippen LogP contribution is 2.26. The fourth-order valence-corrected chi connectivity index (χ4v) is 2.95. The highest BCUT2D eigenvalue weighted by Gasteiger charge is 2.18. The van der Waals surface area contributed by atoms with E-state index >= 15 is 0 Å². The molecule has 0 saturated carbocycles. The van der Waals surface area contributed by atoms with E-state index in [4.69, 9.17) is 11.6 Å². The number of halogens is 2. The first-order valence-electron chi connectivity index (χ1n) is 8.71. The van der Waals surface area contributed by atoms with E-state index in [9.17, 15) is 9.18 Å². The molecule has 0 aliphatic rings. The molecule has 0 aliphatic carbocycles. The average molecular weight is 405 g/mol. The van der Waals surface area contributed by atoms with E-state index < -0.39 is 5.91 Å². The minimum atomic E-state index is -0.393. The van der Waals surface area contributed by atoms with Gasteiger partial charge in [-0.2, -0.15) is 0 Å². The monoisotopic (exact) mass is 404 g/mol. The molecule has 7 heteroatoms. The number of amides is 1. The first kappa shape index (κ1) is 18.7. The highest BCUT2D eigenvalue weighted by molar-refractivity contribution is 6.34. The molecule has 2 aromatic heterocycles. The Kier molecular flexibility index (Phi) is 5.27. The summed E-state index contributed by atoms with van der Waals surface area (Å²) in [6, 6.07) is 16.3. The zero-order valence-corrected chi connectivity index (χ0v) is 15.8. The van der Waals surface area contributed by atoms with Crippen LogP contribution in [0.4, 0.5) is 10.1 Å². The Labute approximate surface area is 171 Å². The molecule has 1 amide bonds. The lowest BCUT2D eigenvalue weighted by molar-refractivity contribution is 0.102. The van der Waals surface area contributed by atoms with E-state index in [1.807, 2.05) is 0 Å². The van der Waals surface area contributed by atoms with Crippen molar-refractivity contribution < 1.29 is 9.18 Å². The van der Waals surface area contributed by atoms with Crippen LogP contribution in [0.25, 0.3) is 22.6 Å². The smallest absolute Gasteiger partial charge is 0.259 e. The summed E-state index contributed by atoms with van der Waals surface area (Å²) in [5.74, 6) is -0.361. The molecule has 2 heterocycles. The Morgan fingerprint density at radius 2 is 1.66 bits per heavy atom. The standard InChI is InChI=1S/C22H14ClFN4O/c23-18-3-1-2-4-19(18)27-22(29)17-13-26-21(15-5-7-16(24)8-6-15)28-20(17)14-9-11-25-12-10-14/h1-13H,(H,27,29). The quantitative estimate of drug-likeness (QED) is 0.504. The summed E-state index contributed by atoms with van der Waals surface area (Å²) in [7, 11) is 0. The number of aromatic nitrogens is 3. The largest absolute Gasteiger partial charge is 0.321 e. The molecule has 4 rings (SSSR count). The van der Waals surface area contributed by atoms with Crippen molar-refractivity contribution in [2.24, 2.45) is 0 Å². The van der Waals surface area contributed by atoms with Crippen LogP contribution in [0.2, 0.25) is 5.02 Å². The summed E-state index contributed by atoms with van der Waals surface area (Å²) in [4.78, 5) is 25.8. The van der Waals surface area contributed by atoms with Crippen LogP contribution in [0, 0.1) is 5.82 Å². The maximum Gasteiger partial charge on any atom is 0.259 e. The third-order valence-corrected chi connectivity index (χ3v) is 4.54. The summed E-state index contributed by atoms with van der Waals surface area (Å²) in [6.45, 7) is 0. The highest BCUT2D eigenvalue weighted by atomic mass is 35.5. The zero-order valence-electron chi connectivity index (χ0n) is 15.0. The van der Waals surface area contributed by atoms with E-state index in [1.165, 1.54) is 18.3 Å². The lowest BCUT2D eigenvalue weighted by atomic mass is 10.1. The first-order chi connectivity index (χ1) is 14.1. The van der Waals surface area contributed by atoms with E-state index in [0.717, 1.165) is 0 Å². The fourth-order valence-electron chi connectivity index (χ4n) is 2.77. The lowest BCUT2D eigenvalue weighted by Gasteiger charge is -2.12.